The van der Waals surface area contributed by atoms with Gasteiger partial charge < -0.3 is 10.2 Å². The minimum atomic E-state index is -3.10. The minimum absolute atomic E-state index is 0.0511. The Morgan fingerprint density at radius 2 is 2.08 bits per heavy atom. The lowest BCUT2D eigenvalue weighted by Crippen LogP contribution is -2.41. The van der Waals surface area contributed by atoms with Gasteiger partial charge in [0.2, 0.25) is 0 Å². The number of aryl methyl sites for hydroxylation is 1. The lowest BCUT2D eigenvalue weighted by molar-refractivity contribution is 0.00222. The molecule has 0 bridgehead atoms. The topological polar surface area (TPSA) is 95.9 Å². The second kappa shape index (κ2) is 10.3. The van der Waals surface area contributed by atoms with Crippen molar-refractivity contribution in [2.45, 2.75) is 51.2 Å². The second-order valence-corrected chi connectivity index (χ2v) is 11.7. The van der Waals surface area contributed by atoms with E-state index in [0.29, 0.717) is 22.0 Å². The molecule has 5 heterocycles. The van der Waals surface area contributed by atoms with Crippen molar-refractivity contribution in [1.82, 2.24) is 19.4 Å². The Bertz CT molecular complexity index is 1760. The smallest absolute Gasteiger partial charge is 0.331 e. The maximum absolute atomic E-state index is 13.6. The summed E-state index contributed by atoms with van der Waals surface area (Å²) < 4.78 is 29.9. The number of nitrogens with zero attached hydrogens (tertiary/aromatic N) is 5. The summed E-state index contributed by atoms with van der Waals surface area (Å²) in [7, 11) is 0. The third-order valence-corrected chi connectivity index (χ3v) is 8.72. The van der Waals surface area contributed by atoms with Crippen LogP contribution >= 0.6 is 11.3 Å². The number of halogens is 2. The highest BCUT2D eigenvalue weighted by Crippen LogP contribution is 2.43. The van der Waals surface area contributed by atoms with E-state index in [1.54, 1.807) is 6.20 Å². The van der Waals surface area contributed by atoms with Crippen molar-refractivity contribution in [2.24, 2.45) is 0 Å². The highest BCUT2D eigenvalue weighted by atomic mass is 32.1. The molecule has 2 aliphatic heterocycles. The van der Waals surface area contributed by atoms with Gasteiger partial charge in [0.1, 0.15) is 0 Å². The highest BCUT2D eigenvalue weighted by molar-refractivity contribution is 7.19. The van der Waals surface area contributed by atoms with Crippen LogP contribution in [0.25, 0.3) is 21.3 Å². The Balaban J connectivity index is 1.45. The zero-order valence-electron chi connectivity index (χ0n) is 22.0. The van der Waals surface area contributed by atoms with Crippen LogP contribution in [-0.2, 0) is 19.5 Å². The van der Waals surface area contributed by atoms with E-state index in [4.69, 9.17) is 0 Å². The number of alkyl halides is 2. The molecule has 1 fully saturated rings. The lowest BCUT2D eigenvalue weighted by Gasteiger charge is -2.38. The van der Waals surface area contributed by atoms with E-state index in [9.17, 15) is 23.6 Å². The Hall–Kier alpha value is -3.88. The zero-order valence-corrected chi connectivity index (χ0v) is 22.8. The molecule has 3 aromatic heterocycles. The summed E-state index contributed by atoms with van der Waals surface area (Å²) in [6.45, 7) is 2.72. The van der Waals surface area contributed by atoms with E-state index in [-0.39, 0.29) is 6.54 Å². The first-order valence-electron chi connectivity index (χ1n) is 13.3. The van der Waals surface area contributed by atoms with Crippen LogP contribution in [0.4, 0.5) is 14.5 Å². The molecular weight excluding hydrogens is 534 g/mol. The standard InChI is InChI=1S/C29H28F2N6O2S/c1-29(30,31)17-35-10-6-25(38)37(28(35)39)16-21-13-24-27(40-21)22(5-8-34-24)23-12-18(14-32)11-19-3-2-9-36(26(19)23)20-4-7-33-15-20/h5-6,8,10-13,20,33H,2-4,7,9,15-17H2,1H3. The summed E-state index contributed by atoms with van der Waals surface area (Å²) in [4.78, 5) is 33.2. The van der Waals surface area contributed by atoms with Crippen molar-refractivity contribution in [3.05, 3.63) is 79.6 Å². The zero-order chi connectivity index (χ0) is 28.0. The summed E-state index contributed by atoms with van der Waals surface area (Å²) in [6, 6.07) is 11.6. The van der Waals surface area contributed by atoms with Gasteiger partial charge in [0, 0.05) is 66.2 Å². The predicted molar refractivity (Wildman–Crippen MR) is 151 cm³/mol. The number of fused-ring (bicyclic) bond motifs is 2. The van der Waals surface area contributed by atoms with Crippen molar-refractivity contribution in [2.75, 3.05) is 24.5 Å². The van der Waals surface area contributed by atoms with E-state index in [1.165, 1.54) is 11.3 Å². The molecule has 11 heteroatoms. The second-order valence-electron chi connectivity index (χ2n) is 10.6. The first-order chi connectivity index (χ1) is 19.2. The largest absolute Gasteiger partial charge is 0.366 e. The predicted octanol–water partition coefficient (Wildman–Crippen LogP) is 3.98. The van der Waals surface area contributed by atoms with Crippen LogP contribution < -0.4 is 21.5 Å². The molecule has 0 amide bonds. The molecule has 206 valence electrons. The number of nitriles is 1. The van der Waals surface area contributed by atoms with Gasteiger partial charge in [-0.3, -0.25) is 18.9 Å². The number of rotatable bonds is 6. The van der Waals surface area contributed by atoms with Crippen LogP contribution in [0.1, 0.15) is 35.8 Å². The molecule has 1 unspecified atom stereocenters. The highest BCUT2D eigenvalue weighted by Gasteiger charge is 2.30. The van der Waals surface area contributed by atoms with Gasteiger partial charge in [-0.2, -0.15) is 5.26 Å². The summed E-state index contributed by atoms with van der Waals surface area (Å²) in [5.74, 6) is -3.10. The van der Waals surface area contributed by atoms with Crippen LogP contribution in [-0.4, -0.2) is 45.7 Å². The third kappa shape index (κ3) is 4.93. The van der Waals surface area contributed by atoms with E-state index in [0.717, 1.165) is 94.3 Å². The van der Waals surface area contributed by atoms with E-state index < -0.39 is 23.7 Å². The number of benzene rings is 1. The summed E-state index contributed by atoms with van der Waals surface area (Å²) >= 11 is 1.42. The SMILES string of the molecule is CC(F)(F)Cn1ccc(=O)n(Cc2cc3nccc(-c4cc(C#N)cc5c4N(C4CCNC4)CCC5)c3s2)c1=O. The quantitative estimate of drug-likeness (QED) is 0.382. The van der Waals surface area contributed by atoms with Crippen LogP contribution in [0.15, 0.2) is 52.3 Å². The number of hydrogen-bond acceptors (Lipinski definition) is 7. The monoisotopic (exact) mass is 562 g/mol. The first-order valence-corrected chi connectivity index (χ1v) is 14.1. The van der Waals surface area contributed by atoms with Crippen molar-refractivity contribution < 1.29 is 8.78 Å². The molecule has 1 atom stereocenters. The number of anilines is 1. The Morgan fingerprint density at radius 3 is 2.83 bits per heavy atom. The average molecular weight is 563 g/mol. The fraction of sp³-hybridized carbons (Fsp3) is 0.379. The Kier molecular flexibility index (Phi) is 6.76. The number of nitrogens with one attached hydrogen (secondary N) is 1. The molecule has 1 aromatic carbocycles. The van der Waals surface area contributed by atoms with Crippen molar-refractivity contribution in [3.8, 4) is 17.2 Å². The van der Waals surface area contributed by atoms with E-state index in [1.807, 2.05) is 24.3 Å². The maximum atomic E-state index is 13.6. The van der Waals surface area contributed by atoms with Crippen molar-refractivity contribution in [3.63, 3.8) is 0 Å². The van der Waals surface area contributed by atoms with Crippen LogP contribution in [0.2, 0.25) is 0 Å². The van der Waals surface area contributed by atoms with Crippen molar-refractivity contribution in [1.29, 1.82) is 5.26 Å². The van der Waals surface area contributed by atoms with E-state index >= 15 is 0 Å². The molecule has 1 N–H and O–H groups in total. The van der Waals surface area contributed by atoms with Crippen LogP contribution in [0.5, 0.6) is 0 Å². The molecule has 40 heavy (non-hydrogen) atoms. The maximum Gasteiger partial charge on any atom is 0.331 e. The van der Waals surface area contributed by atoms with Gasteiger partial charge in [0.15, 0.2) is 0 Å². The van der Waals surface area contributed by atoms with Crippen LogP contribution in [0, 0.1) is 11.3 Å². The molecule has 2 aliphatic rings. The van der Waals surface area contributed by atoms with Crippen molar-refractivity contribution >= 4 is 27.2 Å². The number of hydrogen-bond donors (Lipinski definition) is 1. The molecule has 6 rings (SSSR count). The van der Waals surface area contributed by atoms with Crippen LogP contribution in [0.3, 0.4) is 0 Å². The van der Waals surface area contributed by atoms with Gasteiger partial charge in [-0.1, -0.05) is 0 Å². The van der Waals surface area contributed by atoms with Gasteiger partial charge in [-0.15, -0.1) is 11.3 Å². The number of pyridine rings is 1. The average Bonchev–Trinajstić information content (AvgIpc) is 3.61. The Labute approximate surface area is 233 Å². The molecule has 0 aliphatic carbocycles. The molecule has 1 saturated heterocycles. The number of aromatic nitrogens is 3. The summed E-state index contributed by atoms with van der Waals surface area (Å²) in [6.07, 6.45) is 5.83. The van der Waals surface area contributed by atoms with Gasteiger partial charge in [0.25, 0.3) is 11.5 Å². The Morgan fingerprint density at radius 1 is 1.23 bits per heavy atom. The third-order valence-electron chi connectivity index (χ3n) is 7.58. The molecular formula is C29H28F2N6O2S. The van der Waals surface area contributed by atoms with Gasteiger partial charge in [0.05, 0.1) is 34.9 Å². The summed E-state index contributed by atoms with van der Waals surface area (Å²) in [5.41, 5.74) is 4.22. The van der Waals surface area contributed by atoms with Gasteiger partial charge in [-0.25, -0.2) is 13.6 Å². The summed E-state index contributed by atoms with van der Waals surface area (Å²) in [5, 5.41) is 13.3. The normalized spacial score (nSPS) is 17.2. The van der Waals surface area contributed by atoms with Gasteiger partial charge >= 0.3 is 5.69 Å². The molecule has 0 spiro atoms. The number of thiophene rings is 1. The first kappa shape index (κ1) is 26.3. The van der Waals surface area contributed by atoms with E-state index in [2.05, 4.69) is 21.3 Å². The molecule has 4 aromatic rings. The fourth-order valence-electron chi connectivity index (χ4n) is 5.87. The molecule has 0 saturated carbocycles. The molecule has 8 nitrogen and oxygen atoms in total. The lowest BCUT2D eigenvalue weighted by atomic mass is 9.90. The fourth-order valence-corrected chi connectivity index (χ4v) is 7.00. The van der Waals surface area contributed by atoms with Gasteiger partial charge in [-0.05, 0) is 55.6 Å². The molecule has 0 radical (unpaired) electrons. The minimum Gasteiger partial charge on any atom is -0.366 e.